The molecule has 132 valence electrons. The SMILES string of the molecule is CC(=O)n1nc(CC(C)N=[N+]=[N-])c2cc(OCc3ccccc3)ccc21. The Morgan fingerprint density at radius 3 is 2.77 bits per heavy atom. The average molecular weight is 349 g/mol. The van der Waals surface area contributed by atoms with Gasteiger partial charge in [-0.2, -0.15) is 5.10 Å². The van der Waals surface area contributed by atoms with Crippen molar-refractivity contribution in [2.24, 2.45) is 5.11 Å². The largest absolute Gasteiger partial charge is 0.489 e. The van der Waals surface area contributed by atoms with Crippen LogP contribution in [0, 0.1) is 0 Å². The van der Waals surface area contributed by atoms with Crippen LogP contribution < -0.4 is 4.74 Å². The Kier molecular flexibility index (Phi) is 5.20. The Morgan fingerprint density at radius 1 is 1.31 bits per heavy atom. The van der Waals surface area contributed by atoms with Gasteiger partial charge in [-0.15, -0.1) is 0 Å². The second kappa shape index (κ2) is 7.72. The molecule has 7 nitrogen and oxygen atoms in total. The number of hydrogen-bond donors (Lipinski definition) is 0. The maximum absolute atomic E-state index is 11.9. The molecule has 3 rings (SSSR count). The highest BCUT2D eigenvalue weighted by atomic mass is 16.5. The maximum Gasteiger partial charge on any atom is 0.244 e. The number of rotatable bonds is 6. The van der Waals surface area contributed by atoms with Crippen molar-refractivity contribution in [3.63, 3.8) is 0 Å². The molecule has 0 radical (unpaired) electrons. The minimum Gasteiger partial charge on any atom is -0.489 e. The molecule has 0 aliphatic carbocycles. The van der Waals surface area contributed by atoms with Gasteiger partial charge in [0.2, 0.25) is 5.91 Å². The Hall–Kier alpha value is -3.31. The van der Waals surface area contributed by atoms with Crippen LogP contribution in [0.3, 0.4) is 0 Å². The molecule has 1 atom stereocenters. The molecule has 3 aromatic rings. The van der Waals surface area contributed by atoms with E-state index in [0.717, 1.165) is 10.9 Å². The number of benzene rings is 2. The quantitative estimate of drug-likeness (QED) is 0.372. The van der Waals surface area contributed by atoms with Crippen LogP contribution in [-0.2, 0) is 13.0 Å². The summed E-state index contributed by atoms with van der Waals surface area (Å²) in [6.45, 7) is 3.73. The summed E-state index contributed by atoms with van der Waals surface area (Å²) in [6, 6.07) is 15.2. The molecule has 2 aromatic carbocycles. The van der Waals surface area contributed by atoms with E-state index in [1.165, 1.54) is 11.6 Å². The highest BCUT2D eigenvalue weighted by Crippen LogP contribution is 2.26. The minimum atomic E-state index is -0.257. The van der Waals surface area contributed by atoms with Crippen molar-refractivity contribution in [1.29, 1.82) is 0 Å². The number of aromatic nitrogens is 2. The summed E-state index contributed by atoms with van der Waals surface area (Å²) in [7, 11) is 0. The monoisotopic (exact) mass is 349 g/mol. The summed E-state index contributed by atoms with van der Waals surface area (Å²) in [4.78, 5) is 14.7. The third-order valence-corrected chi connectivity index (χ3v) is 4.01. The van der Waals surface area contributed by atoms with Crippen LogP contribution in [-0.4, -0.2) is 21.7 Å². The van der Waals surface area contributed by atoms with E-state index in [-0.39, 0.29) is 11.9 Å². The fourth-order valence-electron chi connectivity index (χ4n) is 2.79. The Morgan fingerprint density at radius 2 is 2.08 bits per heavy atom. The van der Waals surface area contributed by atoms with Crippen molar-refractivity contribution >= 4 is 16.8 Å². The topological polar surface area (TPSA) is 92.9 Å². The van der Waals surface area contributed by atoms with Crippen LogP contribution in [0.4, 0.5) is 0 Å². The van der Waals surface area contributed by atoms with E-state index in [1.807, 2.05) is 55.5 Å². The number of nitrogens with zero attached hydrogens (tertiary/aromatic N) is 5. The number of hydrogen-bond acceptors (Lipinski definition) is 4. The van der Waals surface area contributed by atoms with Gasteiger partial charge in [-0.3, -0.25) is 4.79 Å². The molecule has 0 spiro atoms. The van der Waals surface area contributed by atoms with Crippen LogP contribution in [0.25, 0.3) is 21.3 Å². The lowest BCUT2D eigenvalue weighted by Gasteiger charge is -2.07. The van der Waals surface area contributed by atoms with E-state index < -0.39 is 0 Å². The molecule has 1 unspecified atom stereocenters. The van der Waals surface area contributed by atoms with Crippen molar-refractivity contribution in [1.82, 2.24) is 9.78 Å². The average Bonchev–Trinajstić information content (AvgIpc) is 2.99. The molecule has 26 heavy (non-hydrogen) atoms. The summed E-state index contributed by atoms with van der Waals surface area (Å²) < 4.78 is 7.24. The van der Waals surface area contributed by atoms with E-state index >= 15 is 0 Å². The summed E-state index contributed by atoms with van der Waals surface area (Å²) in [6.07, 6.45) is 0.447. The van der Waals surface area contributed by atoms with E-state index in [9.17, 15) is 4.79 Å². The van der Waals surface area contributed by atoms with Crippen molar-refractivity contribution in [2.45, 2.75) is 32.9 Å². The molecular formula is C19H19N5O2. The maximum atomic E-state index is 11.9. The Labute approximate surface area is 150 Å². The van der Waals surface area contributed by atoms with Crippen molar-refractivity contribution < 1.29 is 9.53 Å². The van der Waals surface area contributed by atoms with Gasteiger partial charge in [0.25, 0.3) is 0 Å². The molecule has 1 heterocycles. The minimum absolute atomic E-state index is 0.171. The standard InChI is InChI=1S/C19H19N5O2/c1-13(21-23-20)10-18-17-11-16(26-12-15-6-4-3-5-7-15)8-9-19(17)24(22-18)14(2)25/h3-9,11,13H,10,12H2,1-2H3. The molecular weight excluding hydrogens is 330 g/mol. The zero-order chi connectivity index (χ0) is 18.5. The van der Waals surface area contributed by atoms with Crippen molar-refractivity contribution in [3.05, 3.63) is 70.2 Å². The van der Waals surface area contributed by atoms with Gasteiger partial charge in [-0.1, -0.05) is 42.4 Å². The summed E-state index contributed by atoms with van der Waals surface area (Å²) >= 11 is 0. The van der Waals surface area contributed by atoms with Gasteiger partial charge in [0.05, 0.1) is 11.2 Å². The summed E-state index contributed by atoms with van der Waals surface area (Å²) in [5.74, 6) is 0.526. The number of carbonyl (C=O) groups excluding carboxylic acids is 1. The van der Waals surface area contributed by atoms with Crippen LogP contribution in [0.5, 0.6) is 5.75 Å². The highest BCUT2D eigenvalue weighted by Gasteiger charge is 2.16. The number of azide groups is 1. The molecule has 0 amide bonds. The lowest BCUT2D eigenvalue weighted by Crippen LogP contribution is -2.09. The molecule has 0 fully saturated rings. The zero-order valence-corrected chi connectivity index (χ0v) is 14.7. The molecule has 7 heteroatoms. The normalized spacial score (nSPS) is 11.8. The van der Waals surface area contributed by atoms with Gasteiger partial charge in [-0.05, 0) is 29.3 Å². The summed E-state index contributed by atoms with van der Waals surface area (Å²) in [5.41, 5.74) is 11.1. The second-order valence-electron chi connectivity index (χ2n) is 6.09. The Balaban J connectivity index is 1.92. The predicted molar refractivity (Wildman–Crippen MR) is 99.1 cm³/mol. The first kappa shape index (κ1) is 17.5. The first-order chi connectivity index (χ1) is 12.6. The van der Waals surface area contributed by atoms with E-state index in [2.05, 4.69) is 15.1 Å². The number of ether oxygens (including phenoxy) is 1. The molecule has 0 aliphatic rings. The first-order valence-corrected chi connectivity index (χ1v) is 8.32. The van der Waals surface area contributed by atoms with E-state index in [4.69, 9.17) is 10.3 Å². The molecule has 0 N–H and O–H groups in total. The van der Waals surface area contributed by atoms with Crippen LogP contribution in [0.1, 0.15) is 29.9 Å². The van der Waals surface area contributed by atoms with E-state index in [1.54, 1.807) is 0 Å². The molecule has 0 aliphatic heterocycles. The van der Waals surface area contributed by atoms with Gasteiger partial charge in [0, 0.05) is 29.7 Å². The summed E-state index contributed by atoms with van der Waals surface area (Å²) in [5, 5.41) is 8.92. The zero-order valence-electron chi connectivity index (χ0n) is 14.7. The van der Waals surface area contributed by atoms with Crippen molar-refractivity contribution in [3.8, 4) is 5.75 Å². The first-order valence-electron chi connectivity index (χ1n) is 8.32. The van der Waals surface area contributed by atoms with Gasteiger partial charge >= 0.3 is 0 Å². The Bertz CT molecular complexity index is 974. The van der Waals surface area contributed by atoms with Gasteiger partial charge in [0.1, 0.15) is 12.4 Å². The van der Waals surface area contributed by atoms with Crippen LogP contribution in [0.15, 0.2) is 53.6 Å². The molecule has 0 saturated heterocycles. The predicted octanol–water partition coefficient (Wildman–Crippen LogP) is 4.52. The smallest absolute Gasteiger partial charge is 0.244 e. The lowest BCUT2D eigenvalue weighted by atomic mass is 10.1. The highest BCUT2D eigenvalue weighted by molar-refractivity contribution is 5.92. The molecule has 0 bridgehead atoms. The fraction of sp³-hybridized carbons (Fsp3) is 0.263. The number of carbonyl (C=O) groups is 1. The fourth-order valence-corrected chi connectivity index (χ4v) is 2.79. The molecule has 0 saturated carbocycles. The van der Waals surface area contributed by atoms with Crippen molar-refractivity contribution in [2.75, 3.05) is 0 Å². The molecule has 1 aromatic heterocycles. The van der Waals surface area contributed by atoms with E-state index in [0.29, 0.717) is 30.0 Å². The third-order valence-electron chi connectivity index (χ3n) is 4.01. The van der Waals surface area contributed by atoms with Gasteiger partial charge in [-0.25, -0.2) is 4.68 Å². The third kappa shape index (κ3) is 3.84. The van der Waals surface area contributed by atoms with Gasteiger partial charge < -0.3 is 4.74 Å². The number of fused-ring (bicyclic) bond motifs is 1. The lowest BCUT2D eigenvalue weighted by molar-refractivity contribution is 0.0926. The van der Waals surface area contributed by atoms with Crippen LogP contribution in [0.2, 0.25) is 0 Å². The second-order valence-corrected chi connectivity index (χ2v) is 6.09. The van der Waals surface area contributed by atoms with Crippen LogP contribution >= 0.6 is 0 Å². The van der Waals surface area contributed by atoms with Gasteiger partial charge in [0.15, 0.2) is 0 Å².